The molecule has 0 N–H and O–H groups in total. The first-order valence-electron chi connectivity index (χ1n) is 5.29. The Morgan fingerprint density at radius 2 is 1.86 bits per heavy atom. The first-order valence-corrected chi connectivity index (χ1v) is 5.29. The van der Waals surface area contributed by atoms with Crippen LogP contribution in [0.5, 0.6) is 0 Å². The molecule has 3 nitrogen and oxygen atoms in total. The van der Waals surface area contributed by atoms with E-state index in [9.17, 15) is 4.79 Å². The van der Waals surface area contributed by atoms with E-state index < -0.39 is 0 Å². The quantitative estimate of drug-likeness (QED) is 0.469. The number of hydrogen-bond acceptors (Lipinski definition) is 3. The van der Waals surface area contributed by atoms with Gasteiger partial charge < -0.3 is 9.47 Å². The highest BCUT2D eigenvalue weighted by Gasteiger charge is 2.27. The van der Waals surface area contributed by atoms with Crippen LogP contribution >= 0.6 is 0 Å². The van der Waals surface area contributed by atoms with Gasteiger partial charge in [0.25, 0.3) is 0 Å². The monoisotopic (exact) mass is 202 g/mol. The molecule has 0 aliphatic heterocycles. The Hall–Kier alpha value is -0.570. The third-order valence-electron chi connectivity index (χ3n) is 2.09. The van der Waals surface area contributed by atoms with Crippen LogP contribution < -0.4 is 0 Å². The first-order chi connectivity index (χ1) is 6.54. The summed E-state index contributed by atoms with van der Waals surface area (Å²) in [5.74, 6) is -0.126. The molecule has 0 saturated heterocycles. The summed E-state index contributed by atoms with van der Waals surface area (Å²) in [4.78, 5) is 11.5. The molecule has 0 saturated carbocycles. The van der Waals surface area contributed by atoms with Crippen molar-refractivity contribution in [3.63, 3.8) is 0 Å². The van der Waals surface area contributed by atoms with Gasteiger partial charge >= 0.3 is 5.97 Å². The van der Waals surface area contributed by atoms with E-state index in [0.29, 0.717) is 19.8 Å². The fourth-order valence-corrected chi connectivity index (χ4v) is 1.26. The Bertz CT molecular complexity index is 164. The second-order valence-corrected chi connectivity index (χ2v) is 3.97. The Balaban J connectivity index is 3.71. The minimum Gasteiger partial charge on any atom is -0.463 e. The predicted molar refractivity (Wildman–Crippen MR) is 56.1 cm³/mol. The highest BCUT2D eigenvalue weighted by atomic mass is 16.6. The SMILES string of the molecule is CCCC(C)(C)C(=O)OCCOCC. The molecule has 0 aromatic rings. The van der Waals surface area contributed by atoms with E-state index in [1.807, 2.05) is 20.8 Å². The van der Waals surface area contributed by atoms with Crippen molar-refractivity contribution >= 4 is 5.97 Å². The van der Waals surface area contributed by atoms with Gasteiger partial charge in [0.2, 0.25) is 0 Å². The topological polar surface area (TPSA) is 35.5 Å². The van der Waals surface area contributed by atoms with Gasteiger partial charge in [-0.15, -0.1) is 0 Å². The second kappa shape index (κ2) is 6.82. The van der Waals surface area contributed by atoms with Crippen LogP contribution in [0.2, 0.25) is 0 Å². The molecule has 0 unspecified atom stereocenters. The second-order valence-electron chi connectivity index (χ2n) is 3.97. The summed E-state index contributed by atoms with van der Waals surface area (Å²) in [6.45, 7) is 9.33. The van der Waals surface area contributed by atoms with Crippen molar-refractivity contribution in [2.24, 2.45) is 5.41 Å². The number of carbonyl (C=O) groups excluding carboxylic acids is 1. The fourth-order valence-electron chi connectivity index (χ4n) is 1.26. The van der Waals surface area contributed by atoms with Gasteiger partial charge in [-0.05, 0) is 27.2 Å². The van der Waals surface area contributed by atoms with Gasteiger partial charge in [-0.1, -0.05) is 13.3 Å². The van der Waals surface area contributed by atoms with Crippen molar-refractivity contribution in [1.29, 1.82) is 0 Å². The summed E-state index contributed by atoms with van der Waals surface area (Å²) < 4.78 is 10.2. The van der Waals surface area contributed by atoms with E-state index in [1.165, 1.54) is 0 Å². The average molecular weight is 202 g/mol. The molecule has 84 valence electrons. The predicted octanol–water partition coefficient (Wildman–Crippen LogP) is 2.39. The molecule has 0 aliphatic rings. The maximum atomic E-state index is 11.5. The number of ether oxygens (including phenoxy) is 2. The largest absolute Gasteiger partial charge is 0.463 e. The van der Waals surface area contributed by atoms with Crippen LogP contribution in [0, 0.1) is 5.41 Å². The Labute approximate surface area is 86.8 Å². The lowest BCUT2D eigenvalue weighted by molar-refractivity contribution is -0.155. The van der Waals surface area contributed by atoms with Crippen LogP contribution in [0.1, 0.15) is 40.5 Å². The summed E-state index contributed by atoms with van der Waals surface area (Å²) in [5, 5.41) is 0. The average Bonchev–Trinajstić information content (AvgIpc) is 2.12. The number of hydrogen-bond donors (Lipinski definition) is 0. The van der Waals surface area contributed by atoms with E-state index in [-0.39, 0.29) is 11.4 Å². The smallest absolute Gasteiger partial charge is 0.311 e. The van der Waals surface area contributed by atoms with Crippen molar-refractivity contribution in [2.45, 2.75) is 40.5 Å². The third-order valence-corrected chi connectivity index (χ3v) is 2.09. The Kier molecular flexibility index (Phi) is 6.54. The van der Waals surface area contributed by atoms with Gasteiger partial charge in [0.1, 0.15) is 6.61 Å². The highest BCUT2D eigenvalue weighted by Crippen LogP contribution is 2.23. The lowest BCUT2D eigenvalue weighted by atomic mass is 9.88. The summed E-state index contributed by atoms with van der Waals surface area (Å²) in [6.07, 6.45) is 1.86. The number of esters is 1. The van der Waals surface area contributed by atoms with E-state index in [0.717, 1.165) is 12.8 Å². The third kappa shape index (κ3) is 5.22. The molecular weight excluding hydrogens is 180 g/mol. The zero-order valence-electron chi connectivity index (χ0n) is 9.76. The normalized spacial score (nSPS) is 11.4. The molecule has 0 amide bonds. The summed E-state index contributed by atoms with van der Waals surface area (Å²) in [5.41, 5.74) is -0.360. The molecule has 0 aromatic heterocycles. The molecule has 0 atom stereocenters. The van der Waals surface area contributed by atoms with Crippen molar-refractivity contribution in [1.82, 2.24) is 0 Å². The van der Waals surface area contributed by atoms with E-state index in [2.05, 4.69) is 6.92 Å². The molecule has 0 aromatic carbocycles. The lowest BCUT2D eigenvalue weighted by Crippen LogP contribution is -2.27. The van der Waals surface area contributed by atoms with Gasteiger partial charge in [0.15, 0.2) is 0 Å². The van der Waals surface area contributed by atoms with E-state index in [1.54, 1.807) is 0 Å². The van der Waals surface area contributed by atoms with Gasteiger partial charge in [0.05, 0.1) is 12.0 Å². The first kappa shape index (κ1) is 13.4. The van der Waals surface area contributed by atoms with Crippen LogP contribution in [0.3, 0.4) is 0 Å². The van der Waals surface area contributed by atoms with Gasteiger partial charge in [0, 0.05) is 6.61 Å². The molecular formula is C11H22O3. The molecule has 3 heteroatoms. The zero-order valence-corrected chi connectivity index (χ0v) is 9.76. The number of carbonyl (C=O) groups is 1. The van der Waals surface area contributed by atoms with Crippen molar-refractivity contribution in [3.05, 3.63) is 0 Å². The lowest BCUT2D eigenvalue weighted by Gasteiger charge is -2.21. The minimum absolute atomic E-state index is 0.126. The summed E-state index contributed by atoms with van der Waals surface area (Å²) in [6, 6.07) is 0. The van der Waals surface area contributed by atoms with Crippen LogP contribution in [0.4, 0.5) is 0 Å². The standard InChI is InChI=1S/C11H22O3/c1-5-7-11(3,4)10(12)14-9-8-13-6-2/h5-9H2,1-4H3. The van der Waals surface area contributed by atoms with Gasteiger partial charge in [-0.25, -0.2) is 0 Å². The zero-order chi connectivity index (χ0) is 11.0. The minimum atomic E-state index is -0.360. The van der Waals surface area contributed by atoms with Crippen molar-refractivity contribution in [3.8, 4) is 0 Å². The molecule has 0 spiro atoms. The van der Waals surface area contributed by atoms with Gasteiger partial charge in [-0.2, -0.15) is 0 Å². The molecule has 14 heavy (non-hydrogen) atoms. The van der Waals surface area contributed by atoms with Crippen molar-refractivity contribution in [2.75, 3.05) is 19.8 Å². The van der Waals surface area contributed by atoms with Crippen LogP contribution in [0.15, 0.2) is 0 Å². The van der Waals surface area contributed by atoms with Crippen LogP contribution in [-0.2, 0) is 14.3 Å². The maximum absolute atomic E-state index is 11.5. The van der Waals surface area contributed by atoms with E-state index >= 15 is 0 Å². The van der Waals surface area contributed by atoms with Crippen molar-refractivity contribution < 1.29 is 14.3 Å². The van der Waals surface area contributed by atoms with Crippen LogP contribution in [-0.4, -0.2) is 25.8 Å². The maximum Gasteiger partial charge on any atom is 0.311 e. The molecule has 0 fully saturated rings. The number of rotatable bonds is 7. The van der Waals surface area contributed by atoms with Gasteiger partial charge in [-0.3, -0.25) is 4.79 Å². The summed E-state index contributed by atoms with van der Waals surface area (Å²) in [7, 11) is 0. The fraction of sp³-hybridized carbons (Fsp3) is 0.909. The molecule has 0 heterocycles. The molecule has 0 aliphatic carbocycles. The molecule has 0 rings (SSSR count). The molecule has 0 radical (unpaired) electrons. The molecule has 0 bridgehead atoms. The summed E-state index contributed by atoms with van der Waals surface area (Å²) >= 11 is 0. The highest BCUT2D eigenvalue weighted by molar-refractivity contribution is 5.75. The van der Waals surface area contributed by atoms with Crippen LogP contribution in [0.25, 0.3) is 0 Å². The Morgan fingerprint density at radius 3 is 2.36 bits per heavy atom. The van der Waals surface area contributed by atoms with E-state index in [4.69, 9.17) is 9.47 Å². The Morgan fingerprint density at radius 1 is 1.21 bits per heavy atom.